The fourth-order valence-electron chi connectivity index (χ4n) is 2.29. The zero-order valence-electron chi connectivity index (χ0n) is 11.5. The second-order valence-corrected chi connectivity index (χ2v) is 4.86. The standard InChI is InChI=1S/C12H16N8O/c21-12(7-20-9-15-17-18-20)16-10-6-11(14-8-13-10)19-4-2-1-3-5-19/h6,8-9H,1-5,7H2,(H,13,14,16,21). The Balaban J connectivity index is 1.63. The van der Waals surface area contributed by atoms with Crippen molar-refractivity contribution in [3.8, 4) is 0 Å². The molecule has 1 fully saturated rings. The number of hydrogen-bond acceptors (Lipinski definition) is 7. The number of amides is 1. The molecule has 0 aromatic carbocycles. The molecule has 110 valence electrons. The number of hydrogen-bond donors (Lipinski definition) is 1. The molecule has 1 aliphatic rings. The predicted molar refractivity (Wildman–Crippen MR) is 74.5 cm³/mol. The molecule has 1 N–H and O–H groups in total. The number of piperidine rings is 1. The number of carbonyl (C=O) groups is 1. The molecular weight excluding hydrogens is 272 g/mol. The van der Waals surface area contributed by atoms with E-state index in [1.165, 1.54) is 36.6 Å². The molecule has 2 aromatic rings. The molecule has 0 bridgehead atoms. The van der Waals surface area contributed by atoms with E-state index >= 15 is 0 Å². The fraction of sp³-hybridized carbons (Fsp3) is 0.500. The maximum atomic E-state index is 11.9. The lowest BCUT2D eigenvalue weighted by Crippen LogP contribution is -2.30. The summed E-state index contributed by atoms with van der Waals surface area (Å²) in [7, 11) is 0. The van der Waals surface area contributed by atoms with E-state index < -0.39 is 0 Å². The summed E-state index contributed by atoms with van der Waals surface area (Å²) in [5.41, 5.74) is 0. The quantitative estimate of drug-likeness (QED) is 0.850. The first kappa shape index (κ1) is 13.4. The highest BCUT2D eigenvalue weighted by Gasteiger charge is 2.13. The predicted octanol–water partition coefficient (Wildman–Crippen LogP) is 0.0921. The van der Waals surface area contributed by atoms with Gasteiger partial charge in [0, 0.05) is 19.2 Å². The molecule has 0 unspecified atom stereocenters. The van der Waals surface area contributed by atoms with Gasteiger partial charge >= 0.3 is 0 Å². The van der Waals surface area contributed by atoms with Crippen LogP contribution in [0.3, 0.4) is 0 Å². The monoisotopic (exact) mass is 288 g/mol. The van der Waals surface area contributed by atoms with Crippen molar-refractivity contribution in [2.24, 2.45) is 0 Å². The number of aromatic nitrogens is 6. The van der Waals surface area contributed by atoms with E-state index in [0.29, 0.717) is 5.82 Å². The molecule has 9 heteroatoms. The van der Waals surface area contributed by atoms with Gasteiger partial charge in [-0.3, -0.25) is 4.79 Å². The number of carbonyl (C=O) groups excluding carboxylic acids is 1. The first-order valence-electron chi connectivity index (χ1n) is 6.89. The molecule has 9 nitrogen and oxygen atoms in total. The minimum Gasteiger partial charge on any atom is -0.356 e. The Bertz CT molecular complexity index is 593. The number of nitrogens with one attached hydrogen (secondary N) is 1. The van der Waals surface area contributed by atoms with E-state index in [0.717, 1.165) is 18.9 Å². The molecule has 1 amide bonds. The maximum Gasteiger partial charge on any atom is 0.247 e. The van der Waals surface area contributed by atoms with E-state index in [1.54, 1.807) is 6.07 Å². The van der Waals surface area contributed by atoms with Crippen LogP contribution in [0.15, 0.2) is 18.7 Å². The average molecular weight is 288 g/mol. The van der Waals surface area contributed by atoms with Crippen LogP contribution in [-0.2, 0) is 11.3 Å². The van der Waals surface area contributed by atoms with E-state index in [9.17, 15) is 4.79 Å². The van der Waals surface area contributed by atoms with Crippen LogP contribution in [0, 0.1) is 0 Å². The van der Waals surface area contributed by atoms with Gasteiger partial charge in [-0.15, -0.1) is 5.10 Å². The topological polar surface area (TPSA) is 102 Å². The third-order valence-corrected chi connectivity index (χ3v) is 3.30. The van der Waals surface area contributed by atoms with Crippen LogP contribution in [0.5, 0.6) is 0 Å². The van der Waals surface area contributed by atoms with Crippen molar-refractivity contribution in [3.63, 3.8) is 0 Å². The molecule has 0 aliphatic carbocycles. The summed E-state index contributed by atoms with van der Waals surface area (Å²) in [6.07, 6.45) is 6.46. The zero-order chi connectivity index (χ0) is 14.5. The zero-order valence-corrected chi connectivity index (χ0v) is 11.5. The smallest absolute Gasteiger partial charge is 0.247 e. The first-order chi connectivity index (χ1) is 10.3. The molecule has 1 saturated heterocycles. The third kappa shape index (κ3) is 3.50. The number of nitrogens with zero attached hydrogens (tertiary/aromatic N) is 7. The highest BCUT2D eigenvalue weighted by Crippen LogP contribution is 2.18. The van der Waals surface area contributed by atoms with Crippen molar-refractivity contribution >= 4 is 17.5 Å². The first-order valence-corrected chi connectivity index (χ1v) is 6.89. The maximum absolute atomic E-state index is 11.9. The summed E-state index contributed by atoms with van der Waals surface area (Å²) in [5.74, 6) is 1.11. The second kappa shape index (κ2) is 6.25. The summed E-state index contributed by atoms with van der Waals surface area (Å²) >= 11 is 0. The lowest BCUT2D eigenvalue weighted by atomic mass is 10.1. The molecule has 0 radical (unpaired) electrons. The summed E-state index contributed by atoms with van der Waals surface area (Å²) < 4.78 is 1.35. The van der Waals surface area contributed by atoms with Crippen LogP contribution in [0.1, 0.15) is 19.3 Å². The van der Waals surface area contributed by atoms with Crippen LogP contribution in [0.4, 0.5) is 11.6 Å². The van der Waals surface area contributed by atoms with Gasteiger partial charge in [0.25, 0.3) is 0 Å². The highest BCUT2D eigenvalue weighted by atomic mass is 16.2. The Kier molecular flexibility index (Phi) is 3.99. The Morgan fingerprint density at radius 2 is 2.10 bits per heavy atom. The molecular formula is C12H16N8O. The van der Waals surface area contributed by atoms with Crippen molar-refractivity contribution in [1.29, 1.82) is 0 Å². The van der Waals surface area contributed by atoms with Crippen molar-refractivity contribution in [2.45, 2.75) is 25.8 Å². The van der Waals surface area contributed by atoms with Crippen molar-refractivity contribution in [3.05, 3.63) is 18.7 Å². The van der Waals surface area contributed by atoms with Gasteiger partial charge < -0.3 is 10.2 Å². The van der Waals surface area contributed by atoms with E-state index in [2.05, 4.69) is 35.7 Å². The molecule has 0 spiro atoms. The van der Waals surface area contributed by atoms with Crippen LogP contribution >= 0.6 is 0 Å². The highest BCUT2D eigenvalue weighted by molar-refractivity contribution is 5.89. The molecule has 21 heavy (non-hydrogen) atoms. The van der Waals surface area contributed by atoms with Crippen LogP contribution in [0.25, 0.3) is 0 Å². The lowest BCUT2D eigenvalue weighted by Gasteiger charge is -2.27. The lowest BCUT2D eigenvalue weighted by molar-refractivity contribution is -0.116. The Morgan fingerprint density at radius 3 is 2.86 bits per heavy atom. The van der Waals surface area contributed by atoms with Crippen molar-refractivity contribution < 1.29 is 4.79 Å². The van der Waals surface area contributed by atoms with Gasteiger partial charge in [0.05, 0.1) is 0 Å². The summed E-state index contributed by atoms with van der Waals surface area (Å²) in [4.78, 5) is 22.4. The molecule has 1 aliphatic heterocycles. The average Bonchev–Trinajstić information content (AvgIpc) is 3.01. The summed E-state index contributed by atoms with van der Waals surface area (Å²) in [6.45, 7) is 2.04. The fourth-order valence-corrected chi connectivity index (χ4v) is 2.29. The number of anilines is 2. The summed E-state index contributed by atoms with van der Waals surface area (Å²) in [6, 6.07) is 1.79. The Morgan fingerprint density at radius 1 is 1.24 bits per heavy atom. The number of rotatable bonds is 4. The van der Waals surface area contributed by atoms with E-state index in [1.807, 2.05) is 0 Å². The Labute approximate surface area is 121 Å². The number of tetrazole rings is 1. The van der Waals surface area contributed by atoms with Gasteiger partial charge in [-0.2, -0.15) is 0 Å². The Hall–Kier alpha value is -2.58. The molecule has 0 atom stereocenters. The van der Waals surface area contributed by atoms with Gasteiger partial charge in [-0.05, 0) is 29.7 Å². The van der Waals surface area contributed by atoms with Gasteiger partial charge in [0.1, 0.15) is 30.8 Å². The van der Waals surface area contributed by atoms with Crippen LogP contribution in [0.2, 0.25) is 0 Å². The third-order valence-electron chi connectivity index (χ3n) is 3.30. The molecule has 0 saturated carbocycles. The SMILES string of the molecule is O=C(Cn1cnnn1)Nc1cc(N2CCCCC2)ncn1. The minimum atomic E-state index is -0.231. The normalized spacial score (nSPS) is 15.0. The van der Waals surface area contributed by atoms with Gasteiger partial charge in [0.2, 0.25) is 5.91 Å². The minimum absolute atomic E-state index is 0.0516. The van der Waals surface area contributed by atoms with Crippen LogP contribution in [-0.4, -0.2) is 49.2 Å². The van der Waals surface area contributed by atoms with Gasteiger partial charge in [-0.25, -0.2) is 14.6 Å². The molecule has 3 rings (SSSR count). The van der Waals surface area contributed by atoms with Gasteiger partial charge in [0.15, 0.2) is 0 Å². The van der Waals surface area contributed by atoms with E-state index in [-0.39, 0.29) is 12.5 Å². The largest absolute Gasteiger partial charge is 0.356 e. The van der Waals surface area contributed by atoms with Crippen molar-refractivity contribution in [2.75, 3.05) is 23.3 Å². The second-order valence-electron chi connectivity index (χ2n) is 4.86. The van der Waals surface area contributed by atoms with E-state index in [4.69, 9.17) is 0 Å². The summed E-state index contributed by atoms with van der Waals surface area (Å²) in [5, 5.41) is 13.3. The van der Waals surface area contributed by atoms with Crippen LogP contribution < -0.4 is 10.2 Å². The van der Waals surface area contributed by atoms with Gasteiger partial charge in [-0.1, -0.05) is 0 Å². The molecule has 3 heterocycles. The molecule has 2 aromatic heterocycles. The van der Waals surface area contributed by atoms with Crippen molar-refractivity contribution in [1.82, 2.24) is 30.2 Å².